The number of halogens is 1. The van der Waals surface area contributed by atoms with E-state index in [4.69, 9.17) is 11.6 Å². The summed E-state index contributed by atoms with van der Waals surface area (Å²) in [5.74, 6) is 0. The maximum absolute atomic E-state index is 9.96. The fourth-order valence-corrected chi connectivity index (χ4v) is 2.37. The number of benzene rings is 1. The number of aliphatic hydroxyl groups is 1. The Bertz CT molecular complexity index is 415. The molecular formula is C16H27ClN2O. The van der Waals surface area contributed by atoms with Crippen LogP contribution in [0.3, 0.4) is 0 Å². The van der Waals surface area contributed by atoms with Crippen LogP contribution >= 0.6 is 11.6 Å². The van der Waals surface area contributed by atoms with Gasteiger partial charge in [-0.05, 0) is 51.4 Å². The summed E-state index contributed by atoms with van der Waals surface area (Å²) in [7, 11) is 0. The van der Waals surface area contributed by atoms with Gasteiger partial charge in [-0.25, -0.2) is 0 Å². The highest BCUT2D eigenvalue weighted by atomic mass is 35.5. The summed E-state index contributed by atoms with van der Waals surface area (Å²) in [6.45, 7) is 11.1. The van der Waals surface area contributed by atoms with Crippen LogP contribution in [0.25, 0.3) is 0 Å². The van der Waals surface area contributed by atoms with E-state index in [0.717, 1.165) is 42.3 Å². The summed E-state index contributed by atoms with van der Waals surface area (Å²) >= 11 is 6.35. The van der Waals surface area contributed by atoms with Crippen LogP contribution in [-0.4, -0.2) is 30.3 Å². The average Bonchev–Trinajstić information content (AvgIpc) is 2.37. The normalized spacial score (nSPS) is 11.7. The lowest BCUT2D eigenvalue weighted by Crippen LogP contribution is -2.38. The molecule has 1 rings (SSSR count). The van der Waals surface area contributed by atoms with Crippen LogP contribution in [0.1, 0.15) is 39.7 Å². The standard InChI is InChI=1S/C16H27ClN2O/c1-5-9-18-11-13-7-8-14(10-15(13)17)19(6-2)12-16(3,4)20/h7-8,10,18,20H,5-6,9,11-12H2,1-4H3. The van der Waals surface area contributed by atoms with E-state index in [0.29, 0.717) is 6.54 Å². The van der Waals surface area contributed by atoms with Crippen molar-refractivity contribution in [3.05, 3.63) is 28.8 Å². The third-order valence-electron chi connectivity index (χ3n) is 3.10. The summed E-state index contributed by atoms with van der Waals surface area (Å²) in [6, 6.07) is 6.12. The van der Waals surface area contributed by atoms with Gasteiger partial charge in [-0.2, -0.15) is 0 Å². The largest absolute Gasteiger partial charge is 0.389 e. The SMILES string of the molecule is CCCNCc1ccc(N(CC)CC(C)(C)O)cc1Cl. The molecule has 1 aromatic carbocycles. The summed E-state index contributed by atoms with van der Waals surface area (Å²) in [5.41, 5.74) is 1.45. The zero-order chi connectivity index (χ0) is 15.2. The van der Waals surface area contributed by atoms with Crippen molar-refractivity contribution >= 4 is 17.3 Å². The minimum absolute atomic E-state index is 0.591. The van der Waals surface area contributed by atoms with Gasteiger partial charge in [0, 0.05) is 30.3 Å². The Kier molecular flexibility index (Phi) is 6.80. The van der Waals surface area contributed by atoms with Crippen LogP contribution < -0.4 is 10.2 Å². The first-order valence-corrected chi connectivity index (χ1v) is 7.71. The molecule has 0 aliphatic heterocycles. The Labute approximate surface area is 127 Å². The van der Waals surface area contributed by atoms with Gasteiger partial charge in [0.1, 0.15) is 0 Å². The quantitative estimate of drug-likeness (QED) is 0.722. The number of hydrogen-bond donors (Lipinski definition) is 2. The average molecular weight is 299 g/mol. The minimum Gasteiger partial charge on any atom is -0.389 e. The zero-order valence-corrected chi connectivity index (χ0v) is 13.8. The summed E-state index contributed by atoms with van der Waals surface area (Å²) in [6.07, 6.45) is 1.12. The Balaban J connectivity index is 2.78. The van der Waals surface area contributed by atoms with Gasteiger partial charge in [-0.1, -0.05) is 24.6 Å². The Hall–Kier alpha value is -0.770. The molecule has 0 fully saturated rings. The monoisotopic (exact) mass is 298 g/mol. The number of hydrogen-bond acceptors (Lipinski definition) is 3. The van der Waals surface area contributed by atoms with Crippen molar-refractivity contribution in [3.63, 3.8) is 0 Å². The number of rotatable bonds is 8. The molecule has 0 aliphatic carbocycles. The molecule has 4 heteroatoms. The van der Waals surface area contributed by atoms with Crippen LogP contribution in [0.15, 0.2) is 18.2 Å². The minimum atomic E-state index is -0.718. The number of nitrogens with one attached hydrogen (secondary N) is 1. The van der Waals surface area contributed by atoms with Crippen LogP contribution in [-0.2, 0) is 6.54 Å². The third-order valence-corrected chi connectivity index (χ3v) is 3.46. The molecule has 0 bridgehead atoms. The smallest absolute Gasteiger partial charge is 0.0765 e. The van der Waals surface area contributed by atoms with Gasteiger partial charge in [0.05, 0.1) is 5.60 Å². The lowest BCUT2D eigenvalue weighted by Gasteiger charge is -2.30. The molecule has 0 atom stereocenters. The van der Waals surface area contributed by atoms with Crippen LogP contribution in [0, 0.1) is 0 Å². The molecule has 20 heavy (non-hydrogen) atoms. The molecule has 0 saturated heterocycles. The van der Waals surface area contributed by atoms with E-state index in [1.807, 2.05) is 19.9 Å². The topological polar surface area (TPSA) is 35.5 Å². The van der Waals surface area contributed by atoms with E-state index in [-0.39, 0.29) is 0 Å². The van der Waals surface area contributed by atoms with Crippen molar-refractivity contribution in [2.24, 2.45) is 0 Å². The van der Waals surface area contributed by atoms with Crippen LogP contribution in [0.4, 0.5) is 5.69 Å². The zero-order valence-electron chi connectivity index (χ0n) is 13.0. The van der Waals surface area contributed by atoms with Gasteiger partial charge in [-0.15, -0.1) is 0 Å². The molecule has 0 heterocycles. The predicted molar refractivity (Wildman–Crippen MR) is 87.6 cm³/mol. The number of likely N-dealkylation sites (N-methyl/N-ethyl adjacent to an activating group) is 1. The Morgan fingerprint density at radius 1 is 1.30 bits per heavy atom. The fourth-order valence-electron chi connectivity index (χ4n) is 2.13. The molecule has 114 valence electrons. The van der Waals surface area contributed by atoms with Gasteiger partial charge in [0.25, 0.3) is 0 Å². The summed E-state index contributed by atoms with van der Waals surface area (Å²) < 4.78 is 0. The van der Waals surface area contributed by atoms with Gasteiger partial charge in [-0.3, -0.25) is 0 Å². The van der Waals surface area contributed by atoms with Crippen molar-refractivity contribution in [1.82, 2.24) is 5.32 Å². The highest BCUT2D eigenvalue weighted by molar-refractivity contribution is 6.31. The van der Waals surface area contributed by atoms with Gasteiger partial charge >= 0.3 is 0 Å². The predicted octanol–water partition coefficient (Wildman–Crippen LogP) is 3.44. The van der Waals surface area contributed by atoms with E-state index in [2.05, 4.69) is 36.2 Å². The molecule has 0 amide bonds. The van der Waals surface area contributed by atoms with Crippen LogP contribution in [0.5, 0.6) is 0 Å². The molecule has 0 unspecified atom stereocenters. The molecule has 0 aromatic heterocycles. The molecule has 1 aromatic rings. The first-order valence-electron chi connectivity index (χ1n) is 7.34. The maximum atomic E-state index is 9.96. The second kappa shape index (κ2) is 7.87. The lowest BCUT2D eigenvalue weighted by molar-refractivity contribution is 0.0876. The lowest BCUT2D eigenvalue weighted by atomic mass is 10.1. The maximum Gasteiger partial charge on any atom is 0.0765 e. The van der Waals surface area contributed by atoms with E-state index >= 15 is 0 Å². The molecule has 0 saturated carbocycles. The van der Waals surface area contributed by atoms with Crippen molar-refractivity contribution in [3.8, 4) is 0 Å². The third kappa shape index (κ3) is 5.70. The highest BCUT2D eigenvalue weighted by Gasteiger charge is 2.18. The second-order valence-corrected chi connectivity index (χ2v) is 6.19. The van der Waals surface area contributed by atoms with Crippen LogP contribution in [0.2, 0.25) is 5.02 Å². The van der Waals surface area contributed by atoms with E-state index in [1.54, 1.807) is 0 Å². The van der Waals surface area contributed by atoms with Crippen molar-refractivity contribution in [2.75, 3.05) is 24.5 Å². The molecule has 0 aliphatic rings. The Morgan fingerprint density at radius 3 is 2.50 bits per heavy atom. The van der Waals surface area contributed by atoms with Gasteiger partial charge in [0.2, 0.25) is 0 Å². The molecule has 2 N–H and O–H groups in total. The van der Waals surface area contributed by atoms with E-state index in [1.165, 1.54) is 0 Å². The highest BCUT2D eigenvalue weighted by Crippen LogP contribution is 2.25. The second-order valence-electron chi connectivity index (χ2n) is 5.78. The molecule has 0 radical (unpaired) electrons. The number of anilines is 1. The number of nitrogens with zero attached hydrogens (tertiary/aromatic N) is 1. The van der Waals surface area contributed by atoms with E-state index < -0.39 is 5.60 Å². The van der Waals surface area contributed by atoms with E-state index in [9.17, 15) is 5.11 Å². The van der Waals surface area contributed by atoms with Crippen molar-refractivity contribution < 1.29 is 5.11 Å². The molecule has 3 nitrogen and oxygen atoms in total. The molecular weight excluding hydrogens is 272 g/mol. The Morgan fingerprint density at radius 2 is 2.00 bits per heavy atom. The first-order chi connectivity index (χ1) is 9.37. The summed E-state index contributed by atoms with van der Waals surface area (Å²) in [5, 5.41) is 14.1. The first kappa shape index (κ1) is 17.3. The van der Waals surface area contributed by atoms with Crippen molar-refractivity contribution in [2.45, 2.75) is 46.3 Å². The van der Waals surface area contributed by atoms with Gasteiger partial charge < -0.3 is 15.3 Å². The summed E-state index contributed by atoms with van der Waals surface area (Å²) in [4.78, 5) is 2.13. The molecule has 0 spiro atoms. The van der Waals surface area contributed by atoms with Gasteiger partial charge in [0.15, 0.2) is 0 Å². The fraction of sp³-hybridized carbons (Fsp3) is 0.625. The van der Waals surface area contributed by atoms with Crippen molar-refractivity contribution in [1.29, 1.82) is 0 Å².